The Morgan fingerprint density at radius 3 is 2.51 bits per heavy atom. The Balaban J connectivity index is 1.57. The Morgan fingerprint density at radius 1 is 1.18 bits per heavy atom. The summed E-state index contributed by atoms with van der Waals surface area (Å²) >= 11 is 1.46. The molecule has 0 bridgehead atoms. The summed E-state index contributed by atoms with van der Waals surface area (Å²) in [6.45, 7) is 13.2. The van der Waals surface area contributed by atoms with E-state index in [1.54, 1.807) is 16.7 Å². The lowest BCUT2D eigenvalue weighted by Crippen LogP contribution is -2.63. The Labute approximate surface area is 233 Å². The second-order valence-electron chi connectivity index (χ2n) is 10.6. The van der Waals surface area contributed by atoms with Gasteiger partial charge in [0, 0.05) is 42.3 Å². The van der Waals surface area contributed by atoms with E-state index in [0.717, 1.165) is 6.54 Å². The standard InChI is InChI=1S/C27H38N4O7S/c1-6-10-37-26(35)23-24(16(3)22-21(17(4)32)25(34)31(22)23)39-19-12-18(30(14-19)27(36)38-11-7-2)13-29-9-8-28(5)15-20(29)33/h6-7,16-19,21-22,32H,1-2,8-15H2,3-5H3/t16-,17-,18+,19+,21-,22-/m1/s1. The van der Waals surface area contributed by atoms with Crippen molar-refractivity contribution in [2.45, 2.75) is 43.7 Å². The molecule has 0 aromatic heterocycles. The minimum Gasteiger partial charge on any atom is -0.457 e. The third-order valence-electron chi connectivity index (χ3n) is 7.80. The summed E-state index contributed by atoms with van der Waals surface area (Å²) in [5.41, 5.74) is 0.208. The molecule has 39 heavy (non-hydrogen) atoms. The van der Waals surface area contributed by atoms with Crippen molar-refractivity contribution >= 4 is 35.6 Å². The van der Waals surface area contributed by atoms with Crippen LogP contribution in [-0.2, 0) is 23.9 Å². The van der Waals surface area contributed by atoms with E-state index < -0.39 is 24.1 Å². The molecule has 0 aromatic carbocycles. The van der Waals surface area contributed by atoms with Crippen LogP contribution in [0.1, 0.15) is 20.3 Å². The summed E-state index contributed by atoms with van der Waals surface area (Å²) in [6.07, 6.45) is 2.23. The normalized spacial score (nSPS) is 29.7. The van der Waals surface area contributed by atoms with Gasteiger partial charge in [-0.25, -0.2) is 9.59 Å². The zero-order valence-electron chi connectivity index (χ0n) is 22.8. The molecule has 0 spiro atoms. The quantitative estimate of drug-likeness (QED) is 0.237. The fourth-order valence-electron chi connectivity index (χ4n) is 5.89. The number of thioether (sulfide) groups is 1. The Kier molecular flexibility index (Phi) is 9.07. The minimum absolute atomic E-state index is 0.00860. The number of likely N-dealkylation sites (N-methyl/N-ethyl adjacent to an activating group) is 1. The lowest BCUT2D eigenvalue weighted by atomic mass is 9.79. The molecule has 214 valence electrons. The average Bonchev–Trinajstić information content (AvgIpc) is 3.39. The van der Waals surface area contributed by atoms with Crippen molar-refractivity contribution in [1.82, 2.24) is 19.6 Å². The molecule has 3 amide bonds. The van der Waals surface area contributed by atoms with Gasteiger partial charge in [0.2, 0.25) is 11.8 Å². The van der Waals surface area contributed by atoms with Crippen LogP contribution < -0.4 is 0 Å². The number of carbonyl (C=O) groups excluding carboxylic acids is 4. The summed E-state index contributed by atoms with van der Waals surface area (Å²) < 4.78 is 10.7. The maximum absolute atomic E-state index is 13.1. The first-order valence-corrected chi connectivity index (χ1v) is 14.2. The third-order valence-corrected chi connectivity index (χ3v) is 9.30. The minimum atomic E-state index is -0.844. The highest BCUT2D eigenvalue weighted by molar-refractivity contribution is 8.03. The molecule has 1 N–H and O–H groups in total. The van der Waals surface area contributed by atoms with Crippen molar-refractivity contribution in [2.24, 2.45) is 11.8 Å². The molecule has 4 aliphatic heterocycles. The second-order valence-corrected chi connectivity index (χ2v) is 11.9. The number of ether oxygens (including phenoxy) is 2. The average molecular weight is 563 g/mol. The molecule has 0 radical (unpaired) electrons. The van der Waals surface area contributed by atoms with Crippen LogP contribution >= 0.6 is 11.8 Å². The molecule has 0 aromatic rings. The third kappa shape index (κ3) is 5.73. The first-order chi connectivity index (χ1) is 18.6. The first kappa shape index (κ1) is 29.2. The molecule has 0 saturated carbocycles. The number of hydrogen-bond donors (Lipinski definition) is 1. The van der Waals surface area contributed by atoms with Gasteiger partial charge >= 0.3 is 12.1 Å². The molecule has 4 aliphatic rings. The highest BCUT2D eigenvalue weighted by Crippen LogP contribution is 2.52. The van der Waals surface area contributed by atoms with Crippen LogP contribution in [0.5, 0.6) is 0 Å². The number of likely N-dealkylation sites (tertiary alicyclic amines) is 1. The summed E-state index contributed by atoms with van der Waals surface area (Å²) in [4.78, 5) is 59.2. The number of hydrogen-bond acceptors (Lipinski definition) is 9. The second kappa shape index (κ2) is 12.1. The Morgan fingerprint density at radius 2 is 1.87 bits per heavy atom. The molecule has 0 aliphatic carbocycles. The van der Waals surface area contributed by atoms with Crippen molar-refractivity contribution < 1.29 is 33.8 Å². The van der Waals surface area contributed by atoms with E-state index in [9.17, 15) is 24.3 Å². The van der Waals surface area contributed by atoms with E-state index in [1.807, 2.05) is 18.9 Å². The van der Waals surface area contributed by atoms with Gasteiger partial charge in [-0.3, -0.25) is 14.5 Å². The van der Waals surface area contributed by atoms with Gasteiger partial charge in [-0.05, 0) is 20.4 Å². The lowest BCUT2D eigenvalue weighted by molar-refractivity contribution is -0.164. The van der Waals surface area contributed by atoms with E-state index in [1.165, 1.54) is 28.8 Å². The molecule has 0 unspecified atom stereocenters. The van der Waals surface area contributed by atoms with E-state index in [-0.39, 0.29) is 54.0 Å². The largest absolute Gasteiger partial charge is 0.457 e. The van der Waals surface area contributed by atoms with Crippen molar-refractivity contribution in [3.05, 3.63) is 35.9 Å². The molecule has 6 atom stereocenters. The van der Waals surface area contributed by atoms with Crippen molar-refractivity contribution in [1.29, 1.82) is 0 Å². The number of rotatable bonds is 10. The predicted molar refractivity (Wildman–Crippen MR) is 145 cm³/mol. The smallest absolute Gasteiger partial charge is 0.410 e. The summed E-state index contributed by atoms with van der Waals surface area (Å²) in [6, 6.07) is -0.593. The maximum Gasteiger partial charge on any atom is 0.410 e. The number of piperazine rings is 1. The number of carbonyl (C=O) groups is 4. The number of β-lactam (4-membered cyclic amide) rings is 1. The summed E-state index contributed by atoms with van der Waals surface area (Å²) in [5.74, 6) is -1.67. The topological polar surface area (TPSA) is 120 Å². The van der Waals surface area contributed by atoms with Gasteiger partial charge in [0.1, 0.15) is 18.9 Å². The van der Waals surface area contributed by atoms with Crippen LogP contribution in [0.25, 0.3) is 0 Å². The highest BCUT2D eigenvalue weighted by Gasteiger charge is 2.60. The predicted octanol–water partition coefficient (Wildman–Crippen LogP) is 1.06. The summed E-state index contributed by atoms with van der Waals surface area (Å²) in [5, 5.41) is 10.1. The van der Waals surface area contributed by atoms with Crippen LogP contribution in [0.3, 0.4) is 0 Å². The highest BCUT2D eigenvalue weighted by atomic mass is 32.2. The van der Waals surface area contributed by atoms with Gasteiger partial charge in [-0.15, -0.1) is 11.8 Å². The fourth-order valence-corrected chi connectivity index (χ4v) is 7.45. The first-order valence-electron chi connectivity index (χ1n) is 13.3. The molecule has 11 nitrogen and oxygen atoms in total. The zero-order chi connectivity index (χ0) is 28.4. The molecular weight excluding hydrogens is 524 g/mol. The summed E-state index contributed by atoms with van der Waals surface area (Å²) in [7, 11) is 1.90. The molecule has 3 saturated heterocycles. The van der Waals surface area contributed by atoms with Crippen LogP contribution in [-0.4, -0.2) is 125 Å². The zero-order valence-corrected chi connectivity index (χ0v) is 23.6. The molecule has 4 rings (SSSR count). The van der Waals surface area contributed by atoms with E-state index in [2.05, 4.69) is 13.2 Å². The van der Waals surface area contributed by atoms with E-state index in [0.29, 0.717) is 37.5 Å². The molecule has 3 fully saturated rings. The van der Waals surface area contributed by atoms with Crippen molar-refractivity contribution in [3.63, 3.8) is 0 Å². The number of amides is 3. The Hall–Kier alpha value is -2.83. The van der Waals surface area contributed by atoms with Gasteiger partial charge in [0.25, 0.3) is 0 Å². The Bertz CT molecular complexity index is 1060. The van der Waals surface area contributed by atoms with Crippen LogP contribution in [0.15, 0.2) is 35.9 Å². The van der Waals surface area contributed by atoms with Crippen LogP contribution in [0.4, 0.5) is 4.79 Å². The molecular formula is C27H38N4O7S. The lowest BCUT2D eigenvalue weighted by Gasteiger charge is -2.46. The number of aliphatic hydroxyl groups excluding tert-OH is 1. The molecule has 4 heterocycles. The van der Waals surface area contributed by atoms with Gasteiger partial charge < -0.3 is 29.3 Å². The maximum atomic E-state index is 13.1. The fraction of sp³-hybridized carbons (Fsp3) is 0.630. The van der Waals surface area contributed by atoms with Crippen molar-refractivity contribution in [3.8, 4) is 0 Å². The van der Waals surface area contributed by atoms with E-state index in [4.69, 9.17) is 9.47 Å². The van der Waals surface area contributed by atoms with E-state index >= 15 is 0 Å². The van der Waals surface area contributed by atoms with Gasteiger partial charge in [-0.2, -0.15) is 0 Å². The van der Waals surface area contributed by atoms with Gasteiger partial charge in [0.15, 0.2) is 0 Å². The number of fused-ring (bicyclic) bond motifs is 1. The number of esters is 1. The monoisotopic (exact) mass is 562 g/mol. The number of nitrogens with zero attached hydrogens (tertiary/aromatic N) is 4. The van der Waals surface area contributed by atoms with Crippen LogP contribution in [0, 0.1) is 11.8 Å². The van der Waals surface area contributed by atoms with Crippen LogP contribution in [0.2, 0.25) is 0 Å². The van der Waals surface area contributed by atoms with Crippen molar-refractivity contribution in [2.75, 3.05) is 53.0 Å². The number of aliphatic hydroxyl groups is 1. The molecule has 12 heteroatoms. The van der Waals surface area contributed by atoms with Gasteiger partial charge in [0.05, 0.1) is 30.7 Å². The van der Waals surface area contributed by atoms with Gasteiger partial charge in [-0.1, -0.05) is 32.2 Å². The SMILES string of the molecule is C=CCOC(=O)C1=C(S[C@H]2C[C@@H](CN3CCN(C)CC3=O)N(C(=O)OCC=C)C2)[C@H](C)[C@@H]2[C@@H]([C@@H](C)O)C(=O)N12.